The van der Waals surface area contributed by atoms with Crippen molar-refractivity contribution in [2.75, 3.05) is 6.54 Å². The molecule has 5 amide bonds. The van der Waals surface area contributed by atoms with Gasteiger partial charge in [-0.15, -0.1) is 0 Å². The molecule has 0 aromatic rings. The number of fused-ring (bicyclic) bond motifs is 1. The van der Waals surface area contributed by atoms with Crippen LogP contribution in [0.2, 0.25) is 0 Å². The Balaban J connectivity index is 1.18. The van der Waals surface area contributed by atoms with E-state index in [1.54, 1.807) is 4.90 Å². The molecule has 5 N–H and O–H groups in total. The van der Waals surface area contributed by atoms with Gasteiger partial charge in [0.05, 0.1) is 6.04 Å². The molecule has 0 aromatic carbocycles. The second-order valence-electron chi connectivity index (χ2n) is 16.8. The highest BCUT2D eigenvalue weighted by Gasteiger charge is 2.70. The maximum Gasteiger partial charge on any atom is 0.315 e. The molecule has 1 heterocycles. The molecule has 7 rings (SSSR count). The van der Waals surface area contributed by atoms with Crippen molar-refractivity contribution < 1.29 is 24.0 Å². The second-order valence-corrected chi connectivity index (χ2v) is 16.8. The first kappa shape index (κ1) is 30.4. The Bertz CT molecular complexity index is 1170. The third-order valence-corrected chi connectivity index (χ3v) is 12.2. The standard InChI is InChI=1S/C33H51N5O5/c1-31(2,3)26(36-30(43)37-33-13-18-9-19(14-33)11-20(10-18)15-33)29(42)38-16-21-23(32(21,4)5)24(38)28(41)35-22(25(39)27(34)40)12-17-7-6-8-17/h17-24,26H,6-16H2,1-5H3,(H2,34,40)(H,35,41)(H2,36,37,43)/t18?,19?,20?,21?,22?,23?,24-,26+,33?/m0/s1. The van der Waals surface area contributed by atoms with Crippen LogP contribution in [-0.2, 0) is 19.2 Å². The monoisotopic (exact) mass is 597 g/mol. The molecule has 10 nitrogen and oxygen atoms in total. The number of nitrogens with zero attached hydrogens (tertiary/aromatic N) is 1. The van der Waals surface area contributed by atoms with Crippen molar-refractivity contribution in [1.82, 2.24) is 20.9 Å². The van der Waals surface area contributed by atoms with Crippen molar-refractivity contribution in [2.24, 2.45) is 52.1 Å². The van der Waals surface area contributed by atoms with Crippen LogP contribution in [0.5, 0.6) is 0 Å². The quantitative estimate of drug-likeness (QED) is 0.302. The van der Waals surface area contributed by atoms with E-state index in [2.05, 4.69) is 29.8 Å². The number of hydrogen-bond donors (Lipinski definition) is 4. The van der Waals surface area contributed by atoms with Crippen LogP contribution in [0.3, 0.4) is 0 Å². The summed E-state index contributed by atoms with van der Waals surface area (Å²) in [6, 6.07) is -2.92. The fourth-order valence-electron chi connectivity index (χ4n) is 10.0. The van der Waals surface area contributed by atoms with Gasteiger partial charge in [-0.1, -0.05) is 53.9 Å². The van der Waals surface area contributed by atoms with Crippen LogP contribution in [0.25, 0.3) is 0 Å². The lowest BCUT2D eigenvalue weighted by molar-refractivity contribution is -0.145. The van der Waals surface area contributed by atoms with Crippen LogP contribution in [0.4, 0.5) is 4.79 Å². The zero-order chi connectivity index (χ0) is 31.1. The Hall–Kier alpha value is -2.65. The van der Waals surface area contributed by atoms with Gasteiger partial charge in [-0.25, -0.2) is 4.79 Å². The fraction of sp³-hybridized carbons (Fsp3) is 0.848. The number of carbonyl (C=O) groups excluding carboxylic acids is 5. The highest BCUT2D eigenvalue weighted by molar-refractivity contribution is 6.37. The van der Waals surface area contributed by atoms with E-state index in [-0.39, 0.29) is 40.6 Å². The van der Waals surface area contributed by atoms with Gasteiger partial charge in [-0.05, 0) is 91.3 Å². The molecule has 7 aliphatic rings. The van der Waals surface area contributed by atoms with Gasteiger partial charge in [-0.2, -0.15) is 0 Å². The van der Waals surface area contributed by atoms with Crippen molar-refractivity contribution in [2.45, 2.75) is 122 Å². The van der Waals surface area contributed by atoms with Crippen molar-refractivity contribution in [1.29, 1.82) is 0 Å². The minimum absolute atomic E-state index is 0.0639. The first-order valence-electron chi connectivity index (χ1n) is 16.6. The minimum Gasteiger partial charge on any atom is -0.363 e. The summed E-state index contributed by atoms with van der Waals surface area (Å²) in [5.41, 5.74) is 4.43. The lowest BCUT2D eigenvalue weighted by Gasteiger charge is -2.56. The molecule has 4 bridgehead atoms. The van der Waals surface area contributed by atoms with Gasteiger partial charge in [0, 0.05) is 12.1 Å². The van der Waals surface area contributed by atoms with E-state index in [4.69, 9.17) is 5.73 Å². The third-order valence-electron chi connectivity index (χ3n) is 12.2. The summed E-state index contributed by atoms with van der Waals surface area (Å²) < 4.78 is 0. The second kappa shape index (κ2) is 10.5. The largest absolute Gasteiger partial charge is 0.363 e. The first-order chi connectivity index (χ1) is 20.1. The van der Waals surface area contributed by atoms with Gasteiger partial charge in [0.25, 0.3) is 5.91 Å². The van der Waals surface area contributed by atoms with E-state index in [9.17, 15) is 24.0 Å². The number of nitrogens with two attached hydrogens (primary N) is 1. The summed E-state index contributed by atoms with van der Waals surface area (Å²) in [6.45, 7) is 10.4. The smallest absolute Gasteiger partial charge is 0.315 e. The summed E-state index contributed by atoms with van der Waals surface area (Å²) in [7, 11) is 0. The molecular formula is C33H51N5O5. The number of carbonyl (C=O) groups is 5. The van der Waals surface area contributed by atoms with Gasteiger partial charge < -0.3 is 26.6 Å². The maximum atomic E-state index is 14.3. The number of piperidine rings is 1. The van der Waals surface area contributed by atoms with Gasteiger partial charge >= 0.3 is 6.03 Å². The summed E-state index contributed by atoms with van der Waals surface area (Å²) in [6.07, 6.45) is 10.2. The number of rotatable bonds is 9. The van der Waals surface area contributed by atoms with Gasteiger partial charge in [0.1, 0.15) is 12.1 Å². The molecule has 10 heteroatoms. The van der Waals surface area contributed by atoms with Crippen LogP contribution in [-0.4, -0.2) is 64.6 Å². The Kier molecular flexibility index (Phi) is 7.40. The molecule has 0 radical (unpaired) electrons. The molecule has 43 heavy (non-hydrogen) atoms. The van der Waals surface area contributed by atoms with E-state index in [0.717, 1.165) is 38.5 Å². The normalized spacial score (nSPS) is 36.6. The molecule has 6 aliphatic carbocycles. The number of nitrogens with one attached hydrogen (secondary N) is 3. The van der Waals surface area contributed by atoms with Crippen molar-refractivity contribution in [3.05, 3.63) is 0 Å². The topological polar surface area (TPSA) is 151 Å². The average Bonchev–Trinajstić information content (AvgIpc) is 3.18. The predicted octanol–water partition coefficient (Wildman–Crippen LogP) is 2.88. The maximum absolute atomic E-state index is 14.3. The Morgan fingerprint density at radius 1 is 0.930 bits per heavy atom. The Morgan fingerprint density at radius 2 is 1.51 bits per heavy atom. The molecule has 0 spiro atoms. The van der Waals surface area contributed by atoms with Crippen LogP contribution < -0.4 is 21.7 Å². The first-order valence-corrected chi connectivity index (χ1v) is 16.6. The van der Waals surface area contributed by atoms with Gasteiger partial charge in [0.2, 0.25) is 17.6 Å². The number of hydrogen-bond acceptors (Lipinski definition) is 5. The fourth-order valence-corrected chi connectivity index (χ4v) is 10.0. The van der Waals surface area contributed by atoms with Crippen molar-refractivity contribution in [3.8, 4) is 0 Å². The SMILES string of the molecule is CC1(C)C2CN(C(=O)[C@@H](NC(=O)NC34CC5CC(CC(C5)C3)C4)C(C)(C)C)[C@H](C(=O)NC(CC3CCC3)C(=O)C(N)=O)C21. The molecular weight excluding hydrogens is 546 g/mol. The predicted molar refractivity (Wildman–Crippen MR) is 160 cm³/mol. The van der Waals surface area contributed by atoms with E-state index >= 15 is 0 Å². The number of primary amides is 1. The van der Waals surface area contributed by atoms with Crippen LogP contribution >= 0.6 is 0 Å². The summed E-state index contributed by atoms with van der Waals surface area (Å²) in [5.74, 6) is -0.170. The molecule has 7 fully saturated rings. The van der Waals surface area contributed by atoms with E-state index < -0.39 is 41.1 Å². The average molecular weight is 598 g/mol. The number of Topliss-reactive ketones (excluding diaryl/α,β-unsaturated/α-hetero) is 1. The summed E-state index contributed by atoms with van der Waals surface area (Å²) in [5, 5.41) is 9.22. The Morgan fingerprint density at radius 3 is 2.00 bits per heavy atom. The van der Waals surface area contributed by atoms with Gasteiger partial charge in [-0.3, -0.25) is 19.2 Å². The summed E-state index contributed by atoms with van der Waals surface area (Å²) in [4.78, 5) is 67.9. The molecule has 1 aliphatic heterocycles. The van der Waals surface area contributed by atoms with Crippen LogP contribution in [0, 0.1) is 46.3 Å². The number of ketones is 1. The highest BCUT2D eigenvalue weighted by Crippen LogP contribution is 2.65. The lowest BCUT2D eigenvalue weighted by atomic mass is 9.53. The van der Waals surface area contributed by atoms with E-state index in [1.165, 1.54) is 19.3 Å². The van der Waals surface area contributed by atoms with Crippen LogP contribution in [0.1, 0.15) is 98.8 Å². The number of likely N-dealkylation sites (tertiary alicyclic amines) is 1. The van der Waals surface area contributed by atoms with Crippen molar-refractivity contribution >= 4 is 29.5 Å². The molecule has 5 atom stereocenters. The number of amides is 5. The van der Waals surface area contributed by atoms with E-state index in [1.807, 2.05) is 20.8 Å². The lowest BCUT2D eigenvalue weighted by Crippen LogP contribution is -2.65. The minimum atomic E-state index is -1.06. The molecule has 3 unspecified atom stereocenters. The third kappa shape index (κ3) is 5.56. The molecule has 6 saturated carbocycles. The highest BCUT2D eigenvalue weighted by atomic mass is 16.2. The molecule has 1 saturated heterocycles. The number of urea groups is 1. The molecule has 238 valence electrons. The van der Waals surface area contributed by atoms with E-state index in [0.29, 0.717) is 30.7 Å². The zero-order valence-electron chi connectivity index (χ0n) is 26.5. The molecule has 0 aromatic heterocycles. The van der Waals surface area contributed by atoms with Crippen molar-refractivity contribution in [3.63, 3.8) is 0 Å². The summed E-state index contributed by atoms with van der Waals surface area (Å²) >= 11 is 0. The van der Waals surface area contributed by atoms with Gasteiger partial charge in [0.15, 0.2) is 0 Å². The zero-order valence-corrected chi connectivity index (χ0v) is 26.5. The van der Waals surface area contributed by atoms with Crippen LogP contribution in [0.15, 0.2) is 0 Å². The Labute approximate surface area is 255 Å².